The molecule has 0 saturated heterocycles. The molecule has 1 amide bonds. The first kappa shape index (κ1) is 13.1. The summed E-state index contributed by atoms with van der Waals surface area (Å²) in [5.74, 6) is -0.217. The van der Waals surface area contributed by atoms with Crippen LogP contribution in [0.2, 0.25) is 0 Å². The molecule has 1 fully saturated rings. The zero-order chi connectivity index (χ0) is 13.3. The number of benzene rings is 1. The van der Waals surface area contributed by atoms with E-state index in [1.807, 2.05) is 19.9 Å². The highest BCUT2D eigenvalue weighted by atomic mass is 19.1. The smallest absolute Gasteiger partial charge is 0.225 e. The lowest BCUT2D eigenvalue weighted by molar-refractivity contribution is -0.118. The Bertz CT molecular complexity index is 478. The van der Waals surface area contributed by atoms with Gasteiger partial charge in [0.05, 0.1) is 0 Å². The van der Waals surface area contributed by atoms with E-state index in [4.69, 9.17) is 0 Å². The van der Waals surface area contributed by atoms with Gasteiger partial charge in [-0.3, -0.25) is 4.79 Å². The maximum Gasteiger partial charge on any atom is 0.225 e. The largest absolute Gasteiger partial charge is 0.326 e. The molecule has 1 N–H and O–H groups in total. The Kier molecular flexibility index (Phi) is 3.42. The molecule has 3 rings (SSSR count). The number of halogens is 1. The molecule has 18 heavy (non-hydrogen) atoms. The molecule has 3 heteroatoms. The van der Waals surface area contributed by atoms with Gasteiger partial charge >= 0.3 is 0 Å². The van der Waals surface area contributed by atoms with Crippen LogP contribution in [0, 0.1) is 12.7 Å². The van der Waals surface area contributed by atoms with Crippen LogP contribution in [0.1, 0.15) is 50.7 Å². The predicted octanol–water partition coefficient (Wildman–Crippen LogP) is 3.92. The van der Waals surface area contributed by atoms with E-state index in [2.05, 4.69) is 5.32 Å². The summed E-state index contributed by atoms with van der Waals surface area (Å²) < 4.78 is 13.5. The molecular weight excluding hydrogens is 229 g/mol. The van der Waals surface area contributed by atoms with Crippen LogP contribution in [-0.4, -0.2) is 5.91 Å². The minimum absolute atomic E-state index is 0.0100. The Morgan fingerprint density at radius 1 is 1.28 bits per heavy atom. The Balaban J connectivity index is 0.000000574. The molecule has 2 aliphatic rings. The van der Waals surface area contributed by atoms with Crippen molar-refractivity contribution in [2.75, 3.05) is 5.32 Å². The molecule has 1 saturated carbocycles. The summed E-state index contributed by atoms with van der Waals surface area (Å²) >= 11 is 0. The molecule has 1 heterocycles. The summed E-state index contributed by atoms with van der Waals surface area (Å²) in [7, 11) is 0. The Hall–Kier alpha value is -1.38. The van der Waals surface area contributed by atoms with E-state index in [1.165, 1.54) is 12.5 Å². The highest BCUT2D eigenvalue weighted by Crippen LogP contribution is 2.51. The molecule has 98 valence electrons. The summed E-state index contributed by atoms with van der Waals surface area (Å²) in [5.41, 5.74) is 2.49. The Morgan fingerprint density at radius 2 is 1.94 bits per heavy atom. The van der Waals surface area contributed by atoms with Gasteiger partial charge in [0.2, 0.25) is 5.91 Å². The van der Waals surface area contributed by atoms with Crippen molar-refractivity contribution in [1.29, 1.82) is 0 Å². The number of amides is 1. The molecule has 1 aliphatic heterocycles. The summed E-state index contributed by atoms with van der Waals surface area (Å²) in [6, 6.07) is 3.37. The molecule has 0 unspecified atom stereocenters. The molecule has 2 nitrogen and oxygen atoms in total. The Morgan fingerprint density at radius 3 is 2.50 bits per heavy atom. The van der Waals surface area contributed by atoms with Crippen molar-refractivity contribution in [3.8, 4) is 0 Å². The van der Waals surface area contributed by atoms with E-state index in [-0.39, 0.29) is 17.1 Å². The fourth-order valence-electron chi connectivity index (χ4n) is 2.87. The van der Waals surface area contributed by atoms with E-state index in [0.29, 0.717) is 17.7 Å². The number of hydrogen-bond donors (Lipinski definition) is 1. The van der Waals surface area contributed by atoms with Crippen molar-refractivity contribution in [3.05, 3.63) is 29.1 Å². The monoisotopic (exact) mass is 249 g/mol. The molecule has 0 bridgehead atoms. The zero-order valence-electron chi connectivity index (χ0n) is 11.3. The van der Waals surface area contributed by atoms with Gasteiger partial charge in [0.1, 0.15) is 5.82 Å². The minimum atomic E-state index is -0.240. The fourth-order valence-corrected chi connectivity index (χ4v) is 2.87. The summed E-state index contributed by atoms with van der Waals surface area (Å²) in [4.78, 5) is 11.6. The van der Waals surface area contributed by atoms with Crippen LogP contribution in [-0.2, 0) is 10.2 Å². The third kappa shape index (κ3) is 1.92. The first-order valence-electron chi connectivity index (χ1n) is 6.71. The zero-order valence-corrected chi connectivity index (χ0v) is 11.3. The number of carbonyl (C=O) groups excluding carboxylic acids is 1. The standard InChI is InChI=1S/C13H14FNO.C2H6/c1-8-5-9-11(6-10(8)14)15-12(16)7-13(9)3-2-4-13;1-2/h5-6H,2-4,7H2,1H3,(H,15,16);1-2H3. The summed E-state index contributed by atoms with van der Waals surface area (Å²) in [6.45, 7) is 5.78. The van der Waals surface area contributed by atoms with Crippen molar-refractivity contribution in [2.24, 2.45) is 0 Å². The van der Waals surface area contributed by atoms with E-state index in [0.717, 1.165) is 18.4 Å². The van der Waals surface area contributed by atoms with Gasteiger partial charge in [-0.1, -0.05) is 26.3 Å². The number of aryl methyl sites for hydroxylation is 1. The first-order chi connectivity index (χ1) is 8.61. The van der Waals surface area contributed by atoms with Crippen LogP contribution in [0.15, 0.2) is 12.1 Å². The average Bonchev–Trinajstić information content (AvgIpc) is 2.31. The number of carbonyl (C=O) groups is 1. The quantitative estimate of drug-likeness (QED) is 0.741. The molecule has 0 aromatic heterocycles. The van der Waals surface area contributed by atoms with Crippen LogP contribution in [0.25, 0.3) is 0 Å². The van der Waals surface area contributed by atoms with Gasteiger partial charge in [-0.15, -0.1) is 0 Å². The first-order valence-corrected chi connectivity index (χ1v) is 6.71. The van der Waals surface area contributed by atoms with Crippen LogP contribution in [0.5, 0.6) is 0 Å². The number of fused-ring (bicyclic) bond motifs is 2. The van der Waals surface area contributed by atoms with Gasteiger partial charge in [-0.25, -0.2) is 4.39 Å². The highest BCUT2D eigenvalue weighted by Gasteiger charge is 2.44. The van der Waals surface area contributed by atoms with Gasteiger partial charge in [-0.2, -0.15) is 0 Å². The van der Waals surface area contributed by atoms with Crippen molar-refractivity contribution < 1.29 is 9.18 Å². The van der Waals surface area contributed by atoms with E-state index < -0.39 is 0 Å². The van der Waals surface area contributed by atoms with Crippen molar-refractivity contribution in [3.63, 3.8) is 0 Å². The number of anilines is 1. The van der Waals surface area contributed by atoms with Gasteiger partial charge in [0, 0.05) is 17.5 Å². The molecule has 1 spiro atoms. The van der Waals surface area contributed by atoms with Crippen molar-refractivity contribution in [1.82, 2.24) is 0 Å². The molecule has 0 atom stereocenters. The lowest BCUT2D eigenvalue weighted by Crippen LogP contribution is -2.42. The predicted molar refractivity (Wildman–Crippen MR) is 71.3 cm³/mol. The SMILES string of the molecule is CC.Cc1cc2c(cc1F)NC(=O)CC21CCC1. The lowest BCUT2D eigenvalue weighted by atomic mass is 9.60. The lowest BCUT2D eigenvalue weighted by Gasteiger charge is -2.45. The highest BCUT2D eigenvalue weighted by molar-refractivity contribution is 5.95. The number of hydrogen-bond acceptors (Lipinski definition) is 1. The van der Waals surface area contributed by atoms with Crippen LogP contribution in [0.4, 0.5) is 10.1 Å². The molecular formula is C15H20FNO. The van der Waals surface area contributed by atoms with Gasteiger partial charge in [-0.05, 0) is 37.0 Å². The minimum Gasteiger partial charge on any atom is -0.326 e. The molecule has 0 radical (unpaired) electrons. The third-order valence-electron chi connectivity index (χ3n) is 3.95. The summed E-state index contributed by atoms with van der Waals surface area (Å²) in [5, 5.41) is 2.77. The van der Waals surface area contributed by atoms with Crippen LogP contribution in [0.3, 0.4) is 0 Å². The normalized spacial score (nSPS) is 19.2. The van der Waals surface area contributed by atoms with Gasteiger partial charge < -0.3 is 5.32 Å². The van der Waals surface area contributed by atoms with Gasteiger partial charge in [0.15, 0.2) is 0 Å². The Labute approximate surface area is 108 Å². The molecule has 1 aromatic rings. The van der Waals surface area contributed by atoms with Gasteiger partial charge in [0.25, 0.3) is 0 Å². The molecule has 1 aliphatic carbocycles. The maximum absolute atomic E-state index is 13.5. The second kappa shape index (κ2) is 4.71. The topological polar surface area (TPSA) is 29.1 Å². The maximum atomic E-state index is 13.5. The van der Waals surface area contributed by atoms with E-state index >= 15 is 0 Å². The van der Waals surface area contributed by atoms with Crippen LogP contribution < -0.4 is 5.32 Å². The van der Waals surface area contributed by atoms with E-state index in [9.17, 15) is 9.18 Å². The third-order valence-corrected chi connectivity index (χ3v) is 3.95. The second-order valence-corrected chi connectivity index (χ2v) is 5.01. The van der Waals surface area contributed by atoms with E-state index in [1.54, 1.807) is 6.92 Å². The van der Waals surface area contributed by atoms with Crippen molar-refractivity contribution >= 4 is 11.6 Å². The van der Waals surface area contributed by atoms with Crippen molar-refractivity contribution in [2.45, 2.75) is 51.9 Å². The average molecular weight is 249 g/mol. The van der Waals surface area contributed by atoms with Crippen LogP contribution >= 0.6 is 0 Å². The number of rotatable bonds is 0. The second-order valence-electron chi connectivity index (χ2n) is 5.01. The number of nitrogens with one attached hydrogen (secondary N) is 1. The molecule has 1 aromatic carbocycles. The summed E-state index contributed by atoms with van der Waals surface area (Å²) in [6.07, 6.45) is 3.84. The fraction of sp³-hybridized carbons (Fsp3) is 0.533.